The number of benzene rings is 1. The molecule has 1 N–H and O–H groups in total. The van der Waals surface area contributed by atoms with Crippen molar-refractivity contribution < 1.29 is 18.8 Å². The molecule has 8 heteroatoms. The van der Waals surface area contributed by atoms with Gasteiger partial charge in [-0.2, -0.15) is 9.65 Å². The van der Waals surface area contributed by atoms with Gasteiger partial charge in [0.05, 0.1) is 11.0 Å². The average Bonchev–Trinajstić information content (AvgIpc) is 2.47. The fraction of sp³-hybridized carbons (Fsp3) is 0.385. The van der Waals surface area contributed by atoms with E-state index in [1.54, 1.807) is 0 Å². The number of hydrogen-bond donors (Lipinski definition) is 1. The molecule has 0 aromatic heterocycles. The van der Waals surface area contributed by atoms with Crippen LogP contribution in [0.3, 0.4) is 0 Å². The maximum atomic E-state index is 13.5. The molecule has 21 heavy (non-hydrogen) atoms. The summed E-state index contributed by atoms with van der Waals surface area (Å²) in [5.41, 5.74) is -1.81. The van der Waals surface area contributed by atoms with Gasteiger partial charge in [0.1, 0.15) is 5.41 Å². The fourth-order valence-corrected chi connectivity index (χ4v) is 2.09. The molecular formula is C13H12FN3O4. The van der Waals surface area contributed by atoms with Crippen molar-refractivity contribution in [3.05, 3.63) is 34.1 Å². The molecule has 110 valence electrons. The Hall–Kier alpha value is -2.53. The second kappa shape index (κ2) is 5.85. The van der Waals surface area contributed by atoms with Crippen molar-refractivity contribution in [3.8, 4) is 6.07 Å². The van der Waals surface area contributed by atoms with E-state index in [1.807, 2.05) is 6.07 Å². The Balaban J connectivity index is 2.18. The molecule has 0 atom stereocenters. The number of halogens is 1. The number of rotatable bonds is 3. The van der Waals surface area contributed by atoms with Crippen molar-refractivity contribution in [1.29, 1.82) is 5.26 Å². The predicted molar refractivity (Wildman–Crippen MR) is 69.8 cm³/mol. The highest BCUT2D eigenvalue weighted by atomic mass is 19.1. The minimum absolute atomic E-state index is 0.0733. The number of carbonyl (C=O) groups is 1. The van der Waals surface area contributed by atoms with E-state index in [0.717, 1.165) is 12.1 Å². The van der Waals surface area contributed by atoms with Crippen LogP contribution < -0.4 is 5.32 Å². The summed E-state index contributed by atoms with van der Waals surface area (Å²) in [5.74, 6) is -1.60. The van der Waals surface area contributed by atoms with Crippen molar-refractivity contribution in [1.82, 2.24) is 0 Å². The van der Waals surface area contributed by atoms with Crippen LogP contribution in [0.1, 0.15) is 12.8 Å². The van der Waals surface area contributed by atoms with Gasteiger partial charge < -0.3 is 10.1 Å². The highest BCUT2D eigenvalue weighted by Crippen LogP contribution is 2.31. The number of anilines is 1. The van der Waals surface area contributed by atoms with Gasteiger partial charge in [-0.3, -0.25) is 14.9 Å². The molecule has 1 saturated heterocycles. The number of nitro groups is 1. The number of amides is 1. The Kier molecular flexibility index (Phi) is 4.14. The zero-order chi connectivity index (χ0) is 15.5. The van der Waals surface area contributed by atoms with Gasteiger partial charge in [-0.05, 0) is 18.9 Å². The van der Waals surface area contributed by atoms with E-state index < -0.39 is 27.8 Å². The number of nitrogens with zero attached hydrogens (tertiary/aromatic N) is 2. The Bertz CT molecular complexity index is 620. The van der Waals surface area contributed by atoms with E-state index in [1.165, 1.54) is 6.07 Å². The summed E-state index contributed by atoms with van der Waals surface area (Å²) in [6.45, 7) is 0.602. The first kappa shape index (κ1) is 14.9. The highest BCUT2D eigenvalue weighted by Gasteiger charge is 2.40. The van der Waals surface area contributed by atoms with Crippen molar-refractivity contribution in [2.45, 2.75) is 12.8 Å². The number of nitrogens with one attached hydrogen (secondary N) is 1. The summed E-state index contributed by atoms with van der Waals surface area (Å²) in [6, 6.07) is 5.04. The van der Waals surface area contributed by atoms with Gasteiger partial charge in [0.2, 0.25) is 11.7 Å². The van der Waals surface area contributed by atoms with Crippen LogP contribution >= 0.6 is 0 Å². The van der Waals surface area contributed by atoms with Gasteiger partial charge in [0, 0.05) is 31.0 Å². The van der Waals surface area contributed by atoms with Crippen LogP contribution in [0.2, 0.25) is 0 Å². The molecule has 0 aliphatic carbocycles. The molecule has 0 radical (unpaired) electrons. The molecule has 1 aliphatic heterocycles. The van der Waals surface area contributed by atoms with Gasteiger partial charge in [0.15, 0.2) is 0 Å². The van der Waals surface area contributed by atoms with Crippen LogP contribution in [0, 0.1) is 32.7 Å². The lowest BCUT2D eigenvalue weighted by atomic mass is 9.81. The van der Waals surface area contributed by atoms with Gasteiger partial charge in [-0.25, -0.2) is 0 Å². The molecule has 0 unspecified atom stereocenters. The standard InChI is InChI=1S/C13H12FN3O4/c14-10-7-9(1-2-11(10)17(19)20)16-12(18)13(8-15)3-5-21-6-4-13/h1-2,7H,3-6H2,(H,16,18). The summed E-state index contributed by atoms with van der Waals surface area (Å²) in [4.78, 5) is 21.9. The first-order valence-electron chi connectivity index (χ1n) is 6.23. The SMILES string of the molecule is N#CC1(C(=O)Nc2ccc([N+](=O)[O-])c(F)c2)CCOCC1. The van der Waals surface area contributed by atoms with Crippen LogP contribution in [0.25, 0.3) is 0 Å². The summed E-state index contributed by atoms with van der Waals surface area (Å²) in [6.07, 6.45) is 0.510. The summed E-state index contributed by atoms with van der Waals surface area (Å²) >= 11 is 0. The molecule has 0 spiro atoms. The molecular weight excluding hydrogens is 281 g/mol. The molecule has 0 bridgehead atoms. The van der Waals surface area contributed by atoms with Gasteiger partial charge in [-0.15, -0.1) is 0 Å². The monoisotopic (exact) mass is 293 g/mol. The van der Waals surface area contributed by atoms with Gasteiger partial charge in [0.25, 0.3) is 0 Å². The number of ether oxygens (including phenoxy) is 1. The molecule has 1 heterocycles. The van der Waals surface area contributed by atoms with Crippen molar-refractivity contribution in [2.24, 2.45) is 5.41 Å². The molecule has 1 aromatic rings. The van der Waals surface area contributed by atoms with Crippen molar-refractivity contribution in [2.75, 3.05) is 18.5 Å². The van der Waals surface area contributed by atoms with Crippen LogP contribution in [-0.2, 0) is 9.53 Å². The van der Waals surface area contributed by atoms with Crippen molar-refractivity contribution in [3.63, 3.8) is 0 Å². The Labute approximate surface area is 119 Å². The van der Waals surface area contributed by atoms with E-state index in [0.29, 0.717) is 13.2 Å². The molecule has 1 aromatic carbocycles. The normalized spacial score (nSPS) is 16.8. The lowest BCUT2D eigenvalue weighted by Gasteiger charge is -2.29. The largest absolute Gasteiger partial charge is 0.381 e. The molecule has 0 saturated carbocycles. The van der Waals surface area contributed by atoms with Crippen LogP contribution in [0.4, 0.5) is 15.8 Å². The van der Waals surface area contributed by atoms with E-state index in [9.17, 15) is 24.6 Å². The predicted octanol–water partition coefficient (Wildman–Crippen LogP) is 1.99. The van der Waals surface area contributed by atoms with E-state index in [-0.39, 0.29) is 18.5 Å². The first-order chi connectivity index (χ1) is 9.98. The fourth-order valence-electron chi connectivity index (χ4n) is 2.09. The smallest absolute Gasteiger partial charge is 0.304 e. The quantitative estimate of drug-likeness (QED) is 0.677. The Morgan fingerprint density at radius 3 is 2.67 bits per heavy atom. The van der Waals surface area contributed by atoms with Crippen LogP contribution in [0.5, 0.6) is 0 Å². The molecule has 2 rings (SSSR count). The molecule has 1 fully saturated rings. The van der Waals surface area contributed by atoms with Crippen molar-refractivity contribution >= 4 is 17.3 Å². The summed E-state index contributed by atoms with van der Waals surface area (Å²) < 4.78 is 18.6. The second-order valence-electron chi connectivity index (χ2n) is 4.68. The average molecular weight is 293 g/mol. The topological polar surface area (TPSA) is 105 Å². The minimum atomic E-state index is -1.21. The molecule has 1 amide bonds. The lowest BCUT2D eigenvalue weighted by Crippen LogP contribution is -2.39. The third kappa shape index (κ3) is 2.98. The molecule has 1 aliphatic rings. The van der Waals surface area contributed by atoms with Crippen LogP contribution in [-0.4, -0.2) is 24.0 Å². The third-order valence-electron chi connectivity index (χ3n) is 3.40. The zero-order valence-corrected chi connectivity index (χ0v) is 11.0. The van der Waals surface area contributed by atoms with E-state index >= 15 is 0 Å². The Morgan fingerprint density at radius 1 is 1.48 bits per heavy atom. The number of carbonyl (C=O) groups excluding carboxylic acids is 1. The maximum absolute atomic E-state index is 13.5. The van der Waals surface area contributed by atoms with E-state index in [4.69, 9.17) is 4.74 Å². The van der Waals surface area contributed by atoms with Crippen LogP contribution in [0.15, 0.2) is 18.2 Å². The Morgan fingerprint density at radius 2 is 2.14 bits per heavy atom. The molecule has 7 nitrogen and oxygen atoms in total. The minimum Gasteiger partial charge on any atom is -0.381 e. The van der Waals surface area contributed by atoms with Gasteiger partial charge in [-0.1, -0.05) is 0 Å². The maximum Gasteiger partial charge on any atom is 0.304 e. The summed E-state index contributed by atoms with van der Waals surface area (Å²) in [5, 5.41) is 22.2. The number of nitriles is 1. The summed E-state index contributed by atoms with van der Waals surface area (Å²) in [7, 11) is 0. The second-order valence-corrected chi connectivity index (χ2v) is 4.68. The lowest BCUT2D eigenvalue weighted by molar-refractivity contribution is -0.387. The highest BCUT2D eigenvalue weighted by molar-refractivity contribution is 5.97. The zero-order valence-electron chi connectivity index (χ0n) is 11.0. The van der Waals surface area contributed by atoms with E-state index in [2.05, 4.69) is 5.32 Å². The number of hydrogen-bond acceptors (Lipinski definition) is 5. The third-order valence-corrected chi connectivity index (χ3v) is 3.40. The number of nitro benzene ring substituents is 1. The van der Waals surface area contributed by atoms with Gasteiger partial charge >= 0.3 is 5.69 Å². The first-order valence-corrected chi connectivity index (χ1v) is 6.23.